The number of amides is 1. The first-order chi connectivity index (χ1) is 10.1. The Morgan fingerprint density at radius 1 is 1.43 bits per heavy atom. The van der Waals surface area contributed by atoms with Crippen LogP contribution in [0.25, 0.3) is 0 Å². The number of aromatic amines is 1. The predicted octanol–water partition coefficient (Wildman–Crippen LogP) is 2.29. The Kier molecular flexibility index (Phi) is 4.03. The van der Waals surface area contributed by atoms with Crippen LogP contribution in [0.2, 0.25) is 5.02 Å². The molecule has 0 atom stereocenters. The fourth-order valence-corrected chi connectivity index (χ4v) is 2.85. The highest BCUT2D eigenvalue weighted by molar-refractivity contribution is 7.99. The van der Waals surface area contributed by atoms with Crippen LogP contribution in [0.4, 0.5) is 5.69 Å². The Morgan fingerprint density at radius 2 is 2.14 bits per heavy atom. The molecule has 2 N–H and O–H groups in total. The number of rotatable bonds is 5. The third-order valence-corrected chi connectivity index (χ3v) is 4.25. The number of hydrogen-bond donors (Lipinski definition) is 2. The van der Waals surface area contributed by atoms with Gasteiger partial charge in [-0.2, -0.15) is 0 Å². The number of hydrogen-bond acceptors (Lipinski definition) is 4. The Bertz CT molecular complexity index is 706. The van der Waals surface area contributed by atoms with Crippen LogP contribution in [0, 0.1) is 0 Å². The zero-order valence-electron chi connectivity index (χ0n) is 11.0. The molecule has 0 aliphatic heterocycles. The largest absolute Gasteiger partial charge is 0.344 e. The normalized spacial score (nSPS) is 14.1. The lowest BCUT2D eigenvalue weighted by molar-refractivity contribution is -0.113. The highest BCUT2D eigenvalue weighted by Gasteiger charge is 2.28. The minimum atomic E-state index is -0.210. The van der Waals surface area contributed by atoms with Gasteiger partial charge in [0.15, 0.2) is 5.16 Å². The summed E-state index contributed by atoms with van der Waals surface area (Å²) >= 11 is 7.03. The van der Waals surface area contributed by atoms with Crippen LogP contribution < -0.4 is 11.0 Å². The first-order valence-corrected chi connectivity index (χ1v) is 7.85. The Labute approximate surface area is 129 Å². The summed E-state index contributed by atoms with van der Waals surface area (Å²) in [4.78, 5) is 23.5. The topological polar surface area (TPSA) is 79.8 Å². The second-order valence-electron chi connectivity index (χ2n) is 4.76. The van der Waals surface area contributed by atoms with Crippen molar-refractivity contribution in [2.45, 2.75) is 24.0 Å². The van der Waals surface area contributed by atoms with E-state index in [1.165, 1.54) is 11.8 Å². The van der Waals surface area contributed by atoms with E-state index in [1.54, 1.807) is 28.8 Å². The molecule has 1 aliphatic carbocycles. The smallest absolute Gasteiger partial charge is 0.325 e. The van der Waals surface area contributed by atoms with Crippen molar-refractivity contribution in [1.82, 2.24) is 14.8 Å². The third kappa shape index (κ3) is 3.48. The summed E-state index contributed by atoms with van der Waals surface area (Å²) < 4.78 is 1.63. The lowest BCUT2D eigenvalue weighted by Crippen LogP contribution is -2.17. The van der Waals surface area contributed by atoms with Crippen LogP contribution in [-0.4, -0.2) is 26.4 Å². The second kappa shape index (κ2) is 5.95. The van der Waals surface area contributed by atoms with Crippen LogP contribution in [0.1, 0.15) is 18.9 Å². The Morgan fingerprint density at radius 3 is 2.81 bits per heavy atom. The fourth-order valence-electron chi connectivity index (χ4n) is 1.91. The van der Waals surface area contributed by atoms with Gasteiger partial charge in [-0.05, 0) is 37.1 Å². The monoisotopic (exact) mass is 324 g/mol. The van der Waals surface area contributed by atoms with Crippen molar-refractivity contribution >= 4 is 35.0 Å². The number of nitrogens with one attached hydrogen (secondary N) is 2. The minimum absolute atomic E-state index is 0.153. The van der Waals surface area contributed by atoms with Crippen LogP contribution >= 0.6 is 23.4 Å². The lowest BCUT2D eigenvalue weighted by atomic mass is 10.3. The van der Waals surface area contributed by atoms with Crippen LogP contribution in [-0.2, 0) is 4.79 Å². The summed E-state index contributed by atoms with van der Waals surface area (Å²) in [5.74, 6) is 0.0414. The third-order valence-electron chi connectivity index (χ3n) is 3.04. The van der Waals surface area contributed by atoms with E-state index in [0.29, 0.717) is 15.9 Å². The summed E-state index contributed by atoms with van der Waals surface area (Å²) in [5.41, 5.74) is 0.477. The van der Waals surface area contributed by atoms with Crippen molar-refractivity contribution in [1.29, 1.82) is 0 Å². The number of carbonyl (C=O) groups is 1. The number of carbonyl (C=O) groups excluding carboxylic acids is 1. The summed E-state index contributed by atoms with van der Waals surface area (Å²) in [7, 11) is 0. The SMILES string of the molecule is O=C(CSc1n[nH]c(=O)n1C1CC1)Nc1ccc(Cl)cc1. The average Bonchev–Trinajstić information content (AvgIpc) is 3.23. The number of thioether (sulfide) groups is 1. The van der Waals surface area contributed by atoms with Crippen molar-refractivity contribution in [2.75, 3.05) is 11.1 Å². The van der Waals surface area contributed by atoms with Gasteiger partial charge < -0.3 is 5.32 Å². The molecule has 6 nitrogen and oxygen atoms in total. The van der Waals surface area contributed by atoms with Crippen molar-refractivity contribution < 1.29 is 4.79 Å². The highest BCUT2D eigenvalue weighted by Crippen LogP contribution is 2.35. The van der Waals surface area contributed by atoms with E-state index in [0.717, 1.165) is 12.8 Å². The zero-order chi connectivity index (χ0) is 14.8. The zero-order valence-corrected chi connectivity index (χ0v) is 12.6. The summed E-state index contributed by atoms with van der Waals surface area (Å²) in [6.45, 7) is 0. The van der Waals surface area contributed by atoms with Crippen molar-refractivity contribution in [3.63, 3.8) is 0 Å². The quantitative estimate of drug-likeness (QED) is 0.827. The lowest BCUT2D eigenvalue weighted by Gasteiger charge is -2.05. The molecule has 1 amide bonds. The molecule has 1 aromatic heterocycles. The van der Waals surface area contributed by atoms with E-state index in [2.05, 4.69) is 15.5 Å². The number of nitrogens with zero attached hydrogens (tertiary/aromatic N) is 2. The standard InChI is InChI=1S/C13H13ClN4O2S/c14-8-1-3-9(4-2-8)15-11(19)7-21-13-17-16-12(20)18(13)10-5-6-10/h1-4,10H,5-7H2,(H,15,19)(H,16,20). The van der Waals surface area contributed by atoms with Gasteiger partial charge in [-0.15, -0.1) is 5.10 Å². The van der Waals surface area contributed by atoms with Crippen LogP contribution in [0.15, 0.2) is 34.2 Å². The molecule has 21 heavy (non-hydrogen) atoms. The summed E-state index contributed by atoms with van der Waals surface area (Å²) in [5, 5.41) is 10.3. The van der Waals surface area contributed by atoms with Gasteiger partial charge in [-0.3, -0.25) is 9.36 Å². The molecular weight excluding hydrogens is 312 g/mol. The molecule has 0 saturated heterocycles. The van der Waals surface area contributed by atoms with Gasteiger partial charge in [0.2, 0.25) is 5.91 Å². The second-order valence-corrected chi connectivity index (χ2v) is 6.14. The van der Waals surface area contributed by atoms with E-state index in [1.807, 2.05) is 0 Å². The van der Waals surface area contributed by atoms with Crippen LogP contribution in [0.3, 0.4) is 0 Å². The van der Waals surface area contributed by atoms with Crippen LogP contribution in [0.5, 0.6) is 0 Å². The van der Waals surface area contributed by atoms with E-state index in [-0.39, 0.29) is 23.4 Å². The average molecular weight is 325 g/mol. The number of aromatic nitrogens is 3. The Balaban J connectivity index is 1.58. The van der Waals surface area contributed by atoms with Crippen molar-refractivity contribution in [3.05, 3.63) is 39.8 Å². The summed E-state index contributed by atoms with van der Waals surface area (Å²) in [6.07, 6.45) is 1.98. The maximum atomic E-state index is 11.9. The van der Waals surface area contributed by atoms with E-state index < -0.39 is 0 Å². The molecule has 110 valence electrons. The van der Waals surface area contributed by atoms with Gasteiger partial charge in [0, 0.05) is 16.8 Å². The molecule has 0 radical (unpaired) electrons. The molecule has 1 saturated carbocycles. The molecule has 0 unspecified atom stereocenters. The van der Waals surface area contributed by atoms with Gasteiger partial charge in [0.25, 0.3) is 0 Å². The van der Waals surface area contributed by atoms with Gasteiger partial charge in [-0.1, -0.05) is 23.4 Å². The van der Waals surface area contributed by atoms with Gasteiger partial charge >= 0.3 is 5.69 Å². The number of anilines is 1. The molecular formula is C13H13ClN4O2S. The molecule has 2 aromatic rings. The van der Waals surface area contributed by atoms with E-state index >= 15 is 0 Å². The molecule has 1 fully saturated rings. The molecule has 8 heteroatoms. The molecule has 0 spiro atoms. The predicted molar refractivity (Wildman–Crippen MR) is 81.9 cm³/mol. The maximum absolute atomic E-state index is 11.9. The molecule has 0 bridgehead atoms. The molecule has 1 heterocycles. The first kappa shape index (κ1) is 14.2. The van der Waals surface area contributed by atoms with E-state index in [4.69, 9.17) is 11.6 Å². The highest BCUT2D eigenvalue weighted by atomic mass is 35.5. The maximum Gasteiger partial charge on any atom is 0.344 e. The molecule has 1 aliphatic rings. The van der Waals surface area contributed by atoms with Crippen molar-refractivity contribution in [2.24, 2.45) is 0 Å². The van der Waals surface area contributed by atoms with Gasteiger partial charge in [0.05, 0.1) is 5.75 Å². The molecule has 1 aromatic carbocycles. The molecule has 3 rings (SSSR count). The van der Waals surface area contributed by atoms with Gasteiger partial charge in [0.1, 0.15) is 0 Å². The van der Waals surface area contributed by atoms with E-state index in [9.17, 15) is 9.59 Å². The van der Waals surface area contributed by atoms with Crippen molar-refractivity contribution in [3.8, 4) is 0 Å². The summed E-state index contributed by atoms with van der Waals surface area (Å²) in [6, 6.07) is 7.13. The first-order valence-electron chi connectivity index (χ1n) is 6.48. The van der Waals surface area contributed by atoms with Gasteiger partial charge in [-0.25, -0.2) is 9.89 Å². The number of H-pyrrole nitrogens is 1. The number of halogens is 1. The minimum Gasteiger partial charge on any atom is -0.325 e. The fraction of sp³-hybridized carbons (Fsp3) is 0.308. The number of benzene rings is 1. The Hall–Kier alpha value is -1.73.